The van der Waals surface area contributed by atoms with E-state index in [1.165, 1.54) is 19.3 Å². The van der Waals surface area contributed by atoms with Crippen molar-refractivity contribution in [2.75, 3.05) is 26.2 Å². The number of hydrogen-bond acceptors (Lipinski definition) is 3. The fourth-order valence-electron chi connectivity index (χ4n) is 7.20. The molecular formula is C27H37N3O3. The normalized spacial score (nSPS) is 30.6. The van der Waals surface area contributed by atoms with Crippen LogP contribution < -0.4 is 5.32 Å². The maximum absolute atomic E-state index is 13.2. The summed E-state index contributed by atoms with van der Waals surface area (Å²) in [6, 6.07) is 7.62. The van der Waals surface area contributed by atoms with Gasteiger partial charge in [0.2, 0.25) is 11.8 Å². The summed E-state index contributed by atoms with van der Waals surface area (Å²) in [6.45, 7) is 6.67. The molecule has 0 atom stereocenters. The van der Waals surface area contributed by atoms with Crippen LogP contribution >= 0.6 is 0 Å². The SMILES string of the molecule is CC(C)C(=O)N1CCN(C(=O)c2ccc(CNC(=O)C34CC5CC(CC(C5)C3)C4)cc2)CC1. The van der Waals surface area contributed by atoms with Gasteiger partial charge < -0.3 is 15.1 Å². The fraction of sp³-hybridized carbons (Fsp3) is 0.667. The Morgan fingerprint density at radius 2 is 1.39 bits per heavy atom. The van der Waals surface area contributed by atoms with Crippen molar-refractivity contribution in [3.63, 3.8) is 0 Å². The van der Waals surface area contributed by atoms with Gasteiger partial charge in [0, 0.05) is 49.6 Å². The molecule has 6 rings (SSSR count). The van der Waals surface area contributed by atoms with Gasteiger partial charge in [0.15, 0.2) is 0 Å². The van der Waals surface area contributed by atoms with E-state index < -0.39 is 0 Å². The van der Waals surface area contributed by atoms with Crippen LogP contribution in [0.25, 0.3) is 0 Å². The molecule has 1 N–H and O–H groups in total. The largest absolute Gasteiger partial charge is 0.352 e. The second-order valence-electron chi connectivity index (χ2n) is 11.3. The van der Waals surface area contributed by atoms with E-state index in [-0.39, 0.29) is 29.1 Å². The van der Waals surface area contributed by atoms with Gasteiger partial charge in [-0.05, 0) is 74.0 Å². The molecule has 4 aliphatic carbocycles. The van der Waals surface area contributed by atoms with Crippen molar-refractivity contribution in [1.29, 1.82) is 0 Å². The fourth-order valence-corrected chi connectivity index (χ4v) is 7.20. The molecule has 5 fully saturated rings. The summed E-state index contributed by atoms with van der Waals surface area (Å²) < 4.78 is 0. The number of carbonyl (C=O) groups excluding carboxylic acids is 3. The highest BCUT2D eigenvalue weighted by Gasteiger charge is 2.54. The first kappa shape index (κ1) is 22.4. The van der Waals surface area contributed by atoms with Crippen LogP contribution in [0.2, 0.25) is 0 Å². The average Bonchev–Trinajstić information content (AvgIpc) is 2.81. The van der Waals surface area contributed by atoms with Crippen LogP contribution in [0.3, 0.4) is 0 Å². The Morgan fingerprint density at radius 3 is 1.91 bits per heavy atom. The Kier molecular flexibility index (Phi) is 5.96. The summed E-state index contributed by atoms with van der Waals surface area (Å²) in [6.07, 6.45) is 7.25. The smallest absolute Gasteiger partial charge is 0.253 e. The van der Waals surface area contributed by atoms with Crippen molar-refractivity contribution < 1.29 is 14.4 Å². The van der Waals surface area contributed by atoms with Gasteiger partial charge in [-0.3, -0.25) is 14.4 Å². The van der Waals surface area contributed by atoms with Crippen molar-refractivity contribution >= 4 is 17.7 Å². The van der Waals surface area contributed by atoms with Gasteiger partial charge in [-0.15, -0.1) is 0 Å². The third kappa shape index (κ3) is 4.41. The summed E-state index contributed by atoms with van der Waals surface area (Å²) >= 11 is 0. The zero-order valence-corrected chi connectivity index (χ0v) is 20.0. The van der Waals surface area contributed by atoms with Crippen LogP contribution in [0.5, 0.6) is 0 Å². The lowest BCUT2D eigenvalue weighted by atomic mass is 9.49. The summed E-state index contributed by atoms with van der Waals surface area (Å²) in [4.78, 5) is 41.9. The lowest BCUT2D eigenvalue weighted by Gasteiger charge is -2.55. The first-order chi connectivity index (χ1) is 15.8. The number of rotatable bonds is 5. The van der Waals surface area contributed by atoms with Crippen LogP contribution in [-0.2, 0) is 16.1 Å². The second-order valence-corrected chi connectivity index (χ2v) is 11.3. The Morgan fingerprint density at radius 1 is 0.879 bits per heavy atom. The molecule has 0 unspecified atom stereocenters. The van der Waals surface area contributed by atoms with Crippen LogP contribution in [-0.4, -0.2) is 53.7 Å². The average molecular weight is 452 g/mol. The van der Waals surface area contributed by atoms with E-state index >= 15 is 0 Å². The predicted octanol–water partition coefficient (Wildman–Crippen LogP) is 3.46. The minimum absolute atomic E-state index is 0.01000. The summed E-state index contributed by atoms with van der Waals surface area (Å²) in [5.41, 5.74) is 1.57. The van der Waals surface area contributed by atoms with Gasteiger partial charge in [0.25, 0.3) is 5.91 Å². The molecule has 1 heterocycles. The molecule has 1 aliphatic heterocycles. The van der Waals surface area contributed by atoms with Crippen molar-refractivity contribution in [1.82, 2.24) is 15.1 Å². The maximum Gasteiger partial charge on any atom is 0.253 e. The number of amides is 3. The second kappa shape index (κ2) is 8.77. The zero-order chi connectivity index (χ0) is 23.2. The van der Waals surface area contributed by atoms with Gasteiger partial charge in [-0.2, -0.15) is 0 Å². The molecule has 0 aromatic heterocycles. The number of carbonyl (C=O) groups is 3. The molecule has 4 bridgehead atoms. The van der Waals surface area contributed by atoms with Gasteiger partial charge in [-0.25, -0.2) is 0 Å². The monoisotopic (exact) mass is 451 g/mol. The Hall–Kier alpha value is -2.37. The number of nitrogens with one attached hydrogen (secondary N) is 1. The van der Waals surface area contributed by atoms with Crippen molar-refractivity contribution in [2.24, 2.45) is 29.1 Å². The predicted molar refractivity (Wildman–Crippen MR) is 126 cm³/mol. The van der Waals surface area contributed by atoms with Crippen LogP contribution in [0.15, 0.2) is 24.3 Å². The maximum atomic E-state index is 13.2. The van der Waals surface area contributed by atoms with Gasteiger partial charge in [-0.1, -0.05) is 26.0 Å². The molecule has 1 aromatic carbocycles. The van der Waals surface area contributed by atoms with E-state index in [0.717, 1.165) is 42.6 Å². The van der Waals surface area contributed by atoms with E-state index in [4.69, 9.17) is 0 Å². The van der Waals surface area contributed by atoms with E-state index in [9.17, 15) is 14.4 Å². The molecule has 6 nitrogen and oxygen atoms in total. The third-order valence-corrected chi connectivity index (χ3v) is 8.55. The molecular weight excluding hydrogens is 414 g/mol. The van der Waals surface area contributed by atoms with Crippen molar-refractivity contribution in [2.45, 2.75) is 58.9 Å². The highest BCUT2D eigenvalue weighted by molar-refractivity contribution is 5.94. The molecule has 0 radical (unpaired) electrons. The lowest BCUT2D eigenvalue weighted by molar-refractivity contribution is -0.146. The van der Waals surface area contributed by atoms with E-state index in [2.05, 4.69) is 5.32 Å². The molecule has 178 valence electrons. The standard InChI is InChI=1S/C27H37N3O3/c1-18(2)24(31)29-7-9-30(10-8-29)25(32)23-5-3-19(4-6-23)17-28-26(33)27-14-20-11-21(15-27)13-22(12-20)16-27/h3-6,18,20-22H,7-17H2,1-2H3,(H,28,33). The summed E-state index contributed by atoms with van der Waals surface area (Å²) in [7, 11) is 0. The topological polar surface area (TPSA) is 69.7 Å². The van der Waals surface area contributed by atoms with Crippen LogP contribution in [0.4, 0.5) is 0 Å². The lowest BCUT2D eigenvalue weighted by Crippen LogP contribution is -2.53. The third-order valence-electron chi connectivity index (χ3n) is 8.55. The van der Waals surface area contributed by atoms with Gasteiger partial charge in [0.05, 0.1) is 0 Å². The molecule has 1 saturated heterocycles. The quantitative estimate of drug-likeness (QED) is 0.745. The minimum atomic E-state index is -0.121. The molecule has 0 spiro atoms. The molecule has 4 saturated carbocycles. The van der Waals surface area contributed by atoms with E-state index in [1.807, 2.05) is 47.9 Å². The van der Waals surface area contributed by atoms with E-state index in [0.29, 0.717) is 38.3 Å². The van der Waals surface area contributed by atoms with Gasteiger partial charge >= 0.3 is 0 Å². The Labute approximate surface area is 197 Å². The van der Waals surface area contributed by atoms with Crippen LogP contribution in [0, 0.1) is 29.1 Å². The minimum Gasteiger partial charge on any atom is -0.352 e. The first-order valence-electron chi connectivity index (χ1n) is 12.8. The molecule has 5 aliphatic rings. The Bertz CT molecular complexity index is 880. The first-order valence-corrected chi connectivity index (χ1v) is 12.8. The Balaban J connectivity index is 1.13. The molecule has 33 heavy (non-hydrogen) atoms. The number of nitrogens with zero attached hydrogens (tertiary/aromatic N) is 2. The van der Waals surface area contributed by atoms with E-state index in [1.54, 1.807) is 0 Å². The summed E-state index contributed by atoms with van der Waals surface area (Å²) in [5, 5.41) is 3.22. The molecule has 6 heteroatoms. The highest BCUT2D eigenvalue weighted by Crippen LogP contribution is 2.60. The zero-order valence-electron chi connectivity index (χ0n) is 20.0. The molecule has 1 aromatic rings. The summed E-state index contributed by atoms with van der Waals surface area (Å²) in [5.74, 6) is 2.68. The number of hydrogen-bond donors (Lipinski definition) is 1. The van der Waals surface area contributed by atoms with Crippen molar-refractivity contribution in [3.8, 4) is 0 Å². The number of piperazine rings is 1. The highest BCUT2D eigenvalue weighted by atomic mass is 16.2. The van der Waals surface area contributed by atoms with Crippen LogP contribution in [0.1, 0.15) is 68.3 Å². The van der Waals surface area contributed by atoms with Gasteiger partial charge in [0.1, 0.15) is 0 Å². The van der Waals surface area contributed by atoms with Crippen molar-refractivity contribution in [3.05, 3.63) is 35.4 Å². The number of benzene rings is 1. The molecule has 3 amide bonds.